The van der Waals surface area contributed by atoms with Gasteiger partial charge in [-0.15, -0.1) is 11.3 Å². The molecule has 1 nitrogen and oxygen atoms in total. The van der Waals surface area contributed by atoms with Gasteiger partial charge in [-0.3, -0.25) is 0 Å². The van der Waals surface area contributed by atoms with Crippen LogP contribution in [0.3, 0.4) is 0 Å². The van der Waals surface area contributed by atoms with E-state index in [9.17, 15) is 0 Å². The molecule has 17 heavy (non-hydrogen) atoms. The minimum Gasteiger partial charge on any atom is -0.313 e. The summed E-state index contributed by atoms with van der Waals surface area (Å²) < 4.78 is 0. The van der Waals surface area contributed by atoms with Crippen LogP contribution in [0, 0.1) is 17.3 Å². The smallest absolute Gasteiger partial charge is 0.00684 e. The van der Waals surface area contributed by atoms with Gasteiger partial charge in [0.2, 0.25) is 0 Å². The third-order valence-electron chi connectivity index (χ3n) is 4.93. The first-order valence-corrected chi connectivity index (χ1v) is 7.97. The van der Waals surface area contributed by atoms with Crippen LogP contribution in [0.25, 0.3) is 0 Å². The van der Waals surface area contributed by atoms with Crippen molar-refractivity contribution in [2.24, 2.45) is 17.3 Å². The van der Waals surface area contributed by atoms with E-state index in [1.54, 1.807) is 4.88 Å². The van der Waals surface area contributed by atoms with E-state index in [0.717, 1.165) is 17.9 Å². The van der Waals surface area contributed by atoms with Crippen LogP contribution in [0.1, 0.15) is 37.0 Å². The molecule has 0 bridgehead atoms. The molecule has 2 atom stereocenters. The lowest BCUT2D eigenvalue weighted by Crippen LogP contribution is -2.36. The number of fused-ring (bicyclic) bond motifs is 1. The molecule has 0 amide bonds. The van der Waals surface area contributed by atoms with E-state index in [-0.39, 0.29) is 0 Å². The first-order valence-electron chi connectivity index (χ1n) is 7.09. The van der Waals surface area contributed by atoms with Gasteiger partial charge in [-0.25, -0.2) is 0 Å². The molecule has 1 heterocycles. The van der Waals surface area contributed by atoms with Crippen molar-refractivity contribution in [3.8, 4) is 0 Å². The summed E-state index contributed by atoms with van der Waals surface area (Å²) in [7, 11) is 0. The molecular weight excluding hydrogens is 226 g/mol. The minimum atomic E-state index is 0.612. The molecule has 0 spiro atoms. The maximum absolute atomic E-state index is 3.80. The summed E-state index contributed by atoms with van der Waals surface area (Å²) in [6.45, 7) is 1.28. The minimum absolute atomic E-state index is 0.612. The van der Waals surface area contributed by atoms with E-state index in [0.29, 0.717) is 5.41 Å². The molecule has 0 aromatic carbocycles. The Hall–Kier alpha value is -0.340. The van der Waals surface area contributed by atoms with Gasteiger partial charge in [-0.05, 0) is 67.2 Å². The predicted molar refractivity (Wildman–Crippen MR) is 72.3 cm³/mol. The fourth-order valence-electron chi connectivity index (χ4n) is 3.79. The largest absolute Gasteiger partial charge is 0.313 e. The van der Waals surface area contributed by atoms with Gasteiger partial charge in [0.25, 0.3) is 0 Å². The molecule has 0 aliphatic heterocycles. The van der Waals surface area contributed by atoms with Crippen LogP contribution < -0.4 is 5.32 Å². The molecule has 1 aromatic heterocycles. The van der Waals surface area contributed by atoms with Gasteiger partial charge in [-0.1, -0.05) is 6.07 Å². The Kier molecular flexibility index (Phi) is 2.38. The molecule has 0 saturated heterocycles. The molecule has 92 valence electrons. The normalized spacial score (nSPS) is 39.3. The summed E-state index contributed by atoms with van der Waals surface area (Å²) in [6, 6.07) is 5.40. The Labute approximate surface area is 108 Å². The van der Waals surface area contributed by atoms with E-state index >= 15 is 0 Å². The molecule has 3 saturated carbocycles. The Morgan fingerprint density at radius 2 is 2.12 bits per heavy atom. The number of hydrogen-bond acceptors (Lipinski definition) is 2. The summed E-state index contributed by atoms with van der Waals surface area (Å²) in [5.41, 5.74) is 0.612. The molecule has 1 aromatic rings. The van der Waals surface area contributed by atoms with Gasteiger partial charge in [0.15, 0.2) is 0 Å². The fraction of sp³-hybridized carbons (Fsp3) is 0.733. The van der Waals surface area contributed by atoms with Crippen molar-refractivity contribution in [2.75, 3.05) is 6.54 Å². The zero-order chi connectivity index (χ0) is 11.3. The predicted octanol–water partition coefficient (Wildman–Crippen LogP) is 3.46. The van der Waals surface area contributed by atoms with Crippen LogP contribution in [0.5, 0.6) is 0 Å². The second-order valence-electron chi connectivity index (χ2n) is 6.58. The van der Waals surface area contributed by atoms with Crippen molar-refractivity contribution < 1.29 is 0 Å². The molecule has 2 heteroatoms. The maximum Gasteiger partial charge on any atom is 0.00684 e. The molecule has 1 N–H and O–H groups in total. The quantitative estimate of drug-likeness (QED) is 0.840. The zero-order valence-electron chi connectivity index (χ0n) is 10.3. The highest BCUT2D eigenvalue weighted by Crippen LogP contribution is 2.60. The standard InChI is InChI=1S/C15H21NS/c1-2-14(17-5-1)9-15(10-16-13-3-4-13)7-11-6-12(11)8-15/h1-2,5,11-13,16H,3-4,6-10H2. The van der Waals surface area contributed by atoms with E-state index in [1.807, 2.05) is 11.3 Å². The second kappa shape index (κ2) is 3.83. The maximum atomic E-state index is 3.80. The van der Waals surface area contributed by atoms with Gasteiger partial charge < -0.3 is 5.32 Å². The molecular formula is C15H21NS. The summed E-state index contributed by atoms with van der Waals surface area (Å²) in [5.74, 6) is 2.19. The van der Waals surface area contributed by atoms with Crippen LogP contribution in [-0.2, 0) is 6.42 Å². The first-order chi connectivity index (χ1) is 8.33. The van der Waals surface area contributed by atoms with Crippen molar-refractivity contribution in [2.45, 2.75) is 44.6 Å². The molecule has 3 fully saturated rings. The highest BCUT2D eigenvalue weighted by Gasteiger charge is 2.53. The van der Waals surface area contributed by atoms with Crippen molar-refractivity contribution in [1.29, 1.82) is 0 Å². The lowest BCUT2D eigenvalue weighted by atomic mass is 9.79. The SMILES string of the molecule is c1csc(CC2(CNC3CC3)CC3CC3C2)c1. The van der Waals surface area contributed by atoms with Gasteiger partial charge in [0, 0.05) is 17.5 Å². The molecule has 3 aliphatic carbocycles. The Morgan fingerprint density at radius 1 is 1.29 bits per heavy atom. The van der Waals surface area contributed by atoms with E-state index < -0.39 is 0 Å². The van der Waals surface area contributed by atoms with E-state index in [1.165, 1.54) is 45.1 Å². The van der Waals surface area contributed by atoms with Crippen LogP contribution in [0.4, 0.5) is 0 Å². The van der Waals surface area contributed by atoms with Crippen molar-refractivity contribution in [1.82, 2.24) is 5.32 Å². The van der Waals surface area contributed by atoms with Crippen molar-refractivity contribution in [3.05, 3.63) is 22.4 Å². The molecule has 4 rings (SSSR count). The first kappa shape index (κ1) is 10.6. The lowest BCUT2D eigenvalue weighted by Gasteiger charge is -2.31. The Bertz CT molecular complexity index is 383. The summed E-state index contributed by atoms with van der Waals surface area (Å²) in [6.07, 6.45) is 8.70. The third kappa shape index (κ3) is 2.17. The van der Waals surface area contributed by atoms with Crippen LogP contribution in [0.15, 0.2) is 17.5 Å². The average molecular weight is 247 g/mol. The van der Waals surface area contributed by atoms with Gasteiger partial charge in [-0.2, -0.15) is 0 Å². The van der Waals surface area contributed by atoms with Crippen LogP contribution in [-0.4, -0.2) is 12.6 Å². The van der Waals surface area contributed by atoms with Crippen molar-refractivity contribution >= 4 is 11.3 Å². The summed E-state index contributed by atoms with van der Waals surface area (Å²) >= 11 is 1.95. The topological polar surface area (TPSA) is 12.0 Å². The third-order valence-corrected chi connectivity index (χ3v) is 5.81. The zero-order valence-corrected chi connectivity index (χ0v) is 11.1. The Balaban J connectivity index is 1.46. The van der Waals surface area contributed by atoms with Crippen LogP contribution >= 0.6 is 11.3 Å². The monoisotopic (exact) mass is 247 g/mol. The average Bonchev–Trinajstić information content (AvgIpc) is 3.20. The molecule has 2 unspecified atom stereocenters. The highest BCUT2D eigenvalue weighted by molar-refractivity contribution is 7.09. The van der Waals surface area contributed by atoms with Gasteiger partial charge >= 0.3 is 0 Å². The second-order valence-corrected chi connectivity index (χ2v) is 7.61. The Morgan fingerprint density at radius 3 is 2.76 bits per heavy atom. The van der Waals surface area contributed by atoms with Gasteiger partial charge in [0.05, 0.1) is 0 Å². The number of nitrogens with one attached hydrogen (secondary N) is 1. The number of thiophene rings is 1. The van der Waals surface area contributed by atoms with Crippen LogP contribution in [0.2, 0.25) is 0 Å². The highest BCUT2D eigenvalue weighted by atomic mass is 32.1. The van der Waals surface area contributed by atoms with E-state index in [4.69, 9.17) is 0 Å². The molecule has 3 aliphatic rings. The van der Waals surface area contributed by atoms with Crippen molar-refractivity contribution in [3.63, 3.8) is 0 Å². The number of rotatable bonds is 5. The summed E-state index contributed by atoms with van der Waals surface area (Å²) in [5, 5.41) is 6.03. The lowest BCUT2D eigenvalue weighted by molar-refractivity contribution is 0.249. The molecule has 0 radical (unpaired) electrons. The van der Waals surface area contributed by atoms with E-state index in [2.05, 4.69) is 22.8 Å². The fourth-order valence-corrected chi connectivity index (χ4v) is 4.67. The van der Waals surface area contributed by atoms with Gasteiger partial charge in [0.1, 0.15) is 0 Å². The summed E-state index contributed by atoms with van der Waals surface area (Å²) in [4.78, 5) is 1.60. The number of hydrogen-bond donors (Lipinski definition) is 1.